The number of hydrogen-bond acceptors (Lipinski definition) is 6. The summed E-state index contributed by atoms with van der Waals surface area (Å²) in [5.41, 5.74) is 0.846. The lowest BCUT2D eigenvalue weighted by Gasteiger charge is -2.32. The fourth-order valence-corrected chi connectivity index (χ4v) is 3.82. The van der Waals surface area contributed by atoms with E-state index in [4.69, 9.17) is 0 Å². The first-order valence-corrected chi connectivity index (χ1v) is 10.5. The first-order chi connectivity index (χ1) is 13.7. The van der Waals surface area contributed by atoms with Crippen LogP contribution >= 0.6 is 11.8 Å². The van der Waals surface area contributed by atoms with Crippen molar-refractivity contribution in [3.05, 3.63) is 55.1 Å². The Hall–Kier alpha value is -2.87. The van der Waals surface area contributed by atoms with Gasteiger partial charge in [0.2, 0.25) is 5.91 Å². The van der Waals surface area contributed by atoms with Gasteiger partial charge in [-0.05, 0) is 49.4 Å². The van der Waals surface area contributed by atoms with Gasteiger partial charge in [0.25, 0.3) is 0 Å². The van der Waals surface area contributed by atoms with Crippen molar-refractivity contribution in [1.82, 2.24) is 19.7 Å². The molecule has 7 nitrogen and oxygen atoms in total. The number of nitrogens with one attached hydrogen (secondary N) is 1. The average Bonchev–Trinajstić information content (AvgIpc) is 3.29. The first kappa shape index (κ1) is 18.5. The van der Waals surface area contributed by atoms with Crippen molar-refractivity contribution in [2.75, 3.05) is 29.6 Å². The molecule has 1 saturated heterocycles. The Bertz CT molecular complexity index is 928. The number of aromatic nitrogens is 4. The number of imidazole rings is 1. The molecule has 1 aromatic carbocycles. The highest BCUT2D eigenvalue weighted by atomic mass is 32.2. The van der Waals surface area contributed by atoms with E-state index in [0.29, 0.717) is 6.54 Å². The Labute approximate surface area is 168 Å². The molecule has 8 heteroatoms. The quantitative estimate of drug-likeness (QED) is 0.670. The summed E-state index contributed by atoms with van der Waals surface area (Å²) >= 11 is 1.66. The van der Waals surface area contributed by atoms with Crippen molar-refractivity contribution in [2.24, 2.45) is 5.92 Å². The van der Waals surface area contributed by atoms with Crippen LogP contribution in [0.5, 0.6) is 0 Å². The zero-order valence-electron chi connectivity index (χ0n) is 15.7. The Morgan fingerprint density at radius 2 is 2.07 bits per heavy atom. The van der Waals surface area contributed by atoms with Crippen LogP contribution in [0.4, 0.5) is 11.5 Å². The molecular formula is C20H22N6OS. The zero-order chi connectivity index (χ0) is 19.3. The van der Waals surface area contributed by atoms with Crippen molar-refractivity contribution in [2.45, 2.75) is 17.7 Å². The summed E-state index contributed by atoms with van der Waals surface area (Å²) < 4.78 is 1.81. The third-order valence-corrected chi connectivity index (χ3v) is 5.58. The zero-order valence-corrected chi connectivity index (χ0v) is 16.5. The van der Waals surface area contributed by atoms with E-state index < -0.39 is 0 Å². The lowest BCUT2D eigenvalue weighted by Crippen LogP contribution is -2.41. The lowest BCUT2D eigenvalue weighted by molar-refractivity contribution is -0.120. The molecule has 3 aromatic rings. The molecule has 1 atom stereocenters. The fraction of sp³-hybridized carbons (Fsp3) is 0.300. The molecule has 2 aromatic heterocycles. The van der Waals surface area contributed by atoms with Gasteiger partial charge in [-0.1, -0.05) is 6.07 Å². The minimum atomic E-state index is -0.0678. The fourth-order valence-electron chi connectivity index (χ4n) is 3.36. The Morgan fingerprint density at radius 1 is 1.21 bits per heavy atom. The number of piperidine rings is 1. The maximum atomic E-state index is 12.8. The van der Waals surface area contributed by atoms with E-state index >= 15 is 0 Å². The highest BCUT2D eigenvalue weighted by Crippen LogP contribution is 2.24. The molecule has 28 heavy (non-hydrogen) atoms. The SMILES string of the molecule is CSc1cccc(NC(=O)C2CCCN(c3ccc(-n4ccnc4)nn3)C2)c1. The van der Waals surface area contributed by atoms with Gasteiger partial charge in [0.05, 0.1) is 5.92 Å². The van der Waals surface area contributed by atoms with E-state index in [1.54, 1.807) is 24.3 Å². The smallest absolute Gasteiger partial charge is 0.229 e. The van der Waals surface area contributed by atoms with E-state index in [-0.39, 0.29) is 11.8 Å². The second kappa shape index (κ2) is 8.43. The number of thioether (sulfide) groups is 1. The lowest BCUT2D eigenvalue weighted by atomic mass is 9.97. The van der Waals surface area contributed by atoms with Gasteiger partial charge in [-0.25, -0.2) is 4.98 Å². The van der Waals surface area contributed by atoms with Crippen LogP contribution in [-0.2, 0) is 4.79 Å². The first-order valence-electron chi connectivity index (χ1n) is 9.25. The second-order valence-corrected chi connectivity index (χ2v) is 7.61. The Balaban J connectivity index is 1.41. The molecule has 0 spiro atoms. The minimum absolute atomic E-state index is 0.0611. The highest BCUT2D eigenvalue weighted by Gasteiger charge is 2.27. The van der Waals surface area contributed by atoms with Gasteiger partial charge in [-0.2, -0.15) is 0 Å². The summed E-state index contributed by atoms with van der Waals surface area (Å²) in [6.07, 6.45) is 9.09. The molecule has 3 heterocycles. The number of anilines is 2. The molecule has 0 radical (unpaired) electrons. The monoisotopic (exact) mass is 394 g/mol. The third-order valence-electron chi connectivity index (χ3n) is 4.86. The molecule has 144 valence electrons. The topological polar surface area (TPSA) is 75.9 Å². The van der Waals surface area contributed by atoms with Crippen molar-refractivity contribution in [1.29, 1.82) is 0 Å². The molecule has 1 unspecified atom stereocenters. The van der Waals surface area contributed by atoms with Crippen molar-refractivity contribution < 1.29 is 4.79 Å². The maximum Gasteiger partial charge on any atom is 0.229 e. The van der Waals surface area contributed by atoms with E-state index in [9.17, 15) is 4.79 Å². The summed E-state index contributed by atoms with van der Waals surface area (Å²) in [6.45, 7) is 1.53. The van der Waals surface area contributed by atoms with Crippen molar-refractivity contribution >= 4 is 29.2 Å². The normalized spacial score (nSPS) is 16.8. The summed E-state index contributed by atoms with van der Waals surface area (Å²) in [6, 6.07) is 11.8. The standard InChI is InChI=1S/C20H22N6OS/c1-28-17-6-2-5-16(12-17)22-20(27)15-4-3-10-25(13-15)18-7-8-19(24-23-18)26-11-9-21-14-26/h2,5-9,11-12,14-15H,3-4,10,13H2,1H3,(H,22,27). The third kappa shape index (κ3) is 4.17. The molecule has 0 saturated carbocycles. The molecule has 1 N–H and O–H groups in total. The molecular weight excluding hydrogens is 372 g/mol. The number of amides is 1. The summed E-state index contributed by atoms with van der Waals surface area (Å²) in [5.74, 6) is 1.51. The van der Waals surface area contributed by atoms with Crippen molar-refractivity contribution in [3.8, 4) is 5.82 Å². The van der Waals surface area contributed by atoms with Crippen LogP contribution in [0.25, 0.3) is 5.82 Å². The van der Waals surface area contributed by atoms with E-state index in [1.807, 2.05) is 53.4 Å². The largest absolute Gasteiger partial charge is 0.354 e. The van der Waals surface area contributed by atoms with Gasteiger partial charge < -0.3 is 10.2 Å². The number of carbonyl (C=O) groups excluding carboxylic acids is 1. The minimum Gasteiger partial charge on any atom is -0.354 e. The van der Waals surface area contributed by atoms with Crippen molar-refractivity contribution in [3.63, 3.8) is 0 Å². The van der Waals surface area contributed by atoms with E-state index in [1.165, 1.54) is 0 Å². The molecule has 1 fully saturated rings. The van der Waals surface area contributed by atoms with Crippen LogP contribution in [0.3, 0.4) is 0 Å². The van der Waals surface area contributed by atoms with Crippen LogP contribution in [-0.4, -0.2) is 45.0 Å². The van der Waals surface area contributed by atoms with Gasteiger partial charge in [0.15, 0.2) is 11.6 Å². The number of nitrogens with zero attached hydrogens (tertiary/aromatic N) is 5. The Kier molecular flexibility index (Phi) is 5.57. The molecule has 0 aliphatic carbocycles. The predicted octanol–water partition coefficient (Wildman–Crippen LogP) is 3.24. The highest BCUT2D eigenvalue weighted by molar-refractivity contribution is 7.98. The van der Waals surface area contributed by atoms with Crippen LogP contribution < -0.4 is 10.2 Å². The number of hydrogen-bond donors (Lipinski definition) is 1. The maximum absolute atomic E-state index is 12.8. The van der Waals surface area contributed by atoms with Gasteiger partial charge in [-0.15, -0.1) is 22.0 Å². The molecule has 1 aliphatic rings. The molecule has 4 rings (SSSR count). The summed E-state index contributed by atoms with van der Waals surface area (Å²) in [4.78, 5) is 20.1. The molecule has 1 aliphatic heterocycles. The van der Waals surface area contributed by atoms with Gasteiger partial charge in [0.1, 0.15) is 6.33 Å². The number of rotatable bonds is 5. The number of carbonyl (C=O) groups is 1. The van der Waals surface area contributed by atoms with E-state index in [2.05, 4.69) is 25.4 Å². The summed E-state index contributed by atoms with van der Waals surface area (Å²) in [5, 5.41) is 11.7. The van der Waals surface area contributed by atoms with Gasteiger partial charge in [-0.3, -0.25) is 9.36 Å². The number of benzene rings is 1. The predicted molar refractivity (Wildman–Crippen MR) is 111 cm³/mol. The van der Waals surface area contributed by atoms with Gasteiger partial charge in [0, 0.05) is 36.1 Å². The second-order valence-electron chi connectivity index (χ2n) is 6.73. The Morgan fingerprint density at radius 3 is 2.82 bits per heavy atom. The summed E-state index contributed by atoms with van der Waals surface area (Å²) in [7, 11) is 0. The van der Waals surface area contributed by atoms with Gasteiger partial charge >= 0.3 is 0 Å². The van der Waals surface area contributed by atoms with Crippen LogP contribution in [0.2, 0.25) is 0 Å². The van der Waals surface area contributed by atoms with Crippen LogP contribution in [0, 0.1) is 5.92 Å². The van der Waals surface area contributed by atoms with E-state index in [0.717, 1.165) is 41.6 Å². The molecule has 0 bridgehead atoms. The molecule has 1 amide bonds. The van der Waals surface area contributed by atoms with Crippen LogP contribution in [0.15, 0.2) is 60.0 Å². The average molecular weight is 395 g/mol. The van der Waals surface area contributed by atoms with Crippen LogP contribution in [0.1, 0.15) is 12.8 Å².